The fourth-order valence-electron chi connectivity index (χ4n) is 5.46. The molecule has 222 valence electrons. The fraction of sp³-hybridized carbons (Fsp3) is 0.615. The van der Waals surface area contributed by atoms with E-state index in [4.69, 9.17) is 33.2 Å². The van der Waals surface area contributed by atoms with Gasteiger partial charge in [-0.05, 0) is 25.1 Å². The molecule has 0 unspecified atom stereocenters. The lowest BCUT2D eigenvalue weighted by Gasteiger charge is -2.44. The first-order valence-electron chi connectivity index (χ1n) is 12.5. The van der Waals surface area contributed by atoms with Crippen LogP contribution >= 0.6 is 0 Å². The van der Waals surface area contributed by atoms with Crippen molar-refractivity contribution >= 4 is 11.9 Å². The van der Waals surface area contributed by atoms with E-state index in [1.807, 2.05) is 0 Å². The largest absolute Gasteiger partial charge is 0.493 e. The molecule has 5 N–H and O–H groups in total. The summed E-state index contributed by atoms with van der Waals surface area (Å²) in [7, 11) is 4.02. The van der Waals surface area contributed by atoms with Gasteiger partial charge in [0.1, 0.15) is 30.5 Å². The molecule has 1 saturated heterocycles. The maximum atomic E-state index is 13.2. The van der Waals surface area contributed by atoms with Gasteiger partial charge < -0.3 is 58.7 Å². The third kappa shape index (κ3) is 5.48. The zero-order chi connectivity index (χ0) is 29.4. The van der Waals surface area contributed by atoms with Crippen molar-refractivity contribution in [3.05, 3.63) is 35.6 Å². The van der Waals surface area contributed by atoms with Crippen molar-refractivity contribution in [1.29, 1.82) is 0 Å². The Kier molecular flexibility index (Phi) is 8.89. The summed E-state index contributed by atoms with van der Waals surface area (Å²) in [6.07, 6.45) is -9.39. The van der Waals surface area contributed by atoms with E-state index in [0.717, 1.165) is 13.4 Å². The molecule has 14 heteroatoms. The van der Waals surface area contributed by atoms with Gasteiger partial charge in [-0.3, -0.25) is 0 Å². The van der Waals surface area contributed by atoms with Crippen molar-refractivity contribution in [1.82, 2.24) is 0 Å². The minimum Gasteiger partial charge on any atom is -0.493 e. The number of ether oxygens (including phenoxy) is 7. The molecule has 2 aliphatic heterocycles. The number of hydrogen-bond acceptors (Lipinski definition) is 14. The quantitative estimate of drug-likeness (QED) is 0.235. The van der Waals surface area contributed by atoms with Crippen molar-refractivity contribution in [2.45, 2.75) is 62.0 Å². The summed E-state index contributed by atoms with van der Waals surface area (Å²) < 4.78 is 38.0. The molecule has 40 heavy (non-hydrogen) atoms. The van der Waals surface area contributed by atoms with E-state index in [1.54, 1.807) is 0 Å². The van der Waals surface area contributed by atoms with Crippen LogP contribution in [0.1, 0.15) is 23.7 Å². The molecule has 0 bridgehead atoms. The van der Waals surface area contributed by atoms with E-state index in [-0.39, 0.29) is 17.6 Å². The van der Waals surface area contributed by atoms with Gasteiger partial charge in [0, 0.05) is 12.3 Å². The second kappa shape index (κ2) is 11.9. The molecule has 0 aromatic heterocycles. The number of carbonyl (C=O) groups is 2. The van der Waals surface area contributed by atoms with Crippen LogP contribution in [0.4, 0.5) is 0 Å². The number of fused-ring (bicyclic) bond motifs is 1. The van der Waals surface area contributed by atoms with Gasteiger partial charge >= 0.3 is 11.9 Å². The minimum absolute atomic E-state index is 0.0240. The molecule has 1 saturated carbocycles. The Hall–Kier alpha value is -2.98. The molecule has 0 spiro atoms. The van der Waals surface area contributed by atoms with Gasteiger partial charge in [0.05, 0.1) is 56.9 Å². The zero-order valence-corrected chi connectivity index (χ0v) is 22.3. The average molecular weight is 571 g/mol. The molecule has 4 rings (SSSR count). The van der Waals surface area contributed by atoms with Crippen LogP contribution in [0, 0.1) is 11.8 Å². The second-order valence-electron chi connectivity index (χ2n) is 10.0. The summed E-state index contributed by atoms with van der Waals surface area (Å²) >= 11 is 0. The van der Waals surface area contributed by atoms with Gasteiger partial charge in [0.25, 0.3) is 0 Å². The number of hydrogen-bond donors (Lipinski definition) is 5. The minimum atomic E-state index is -1.74. The molecule has 1 aromatic rings. The predicted octanol–water partition coefficient (Wildman–Crippen LogP) is -1.15. The third-order valence-electron chi connectivity index (χ3n) is 7.52. The van der Waals surface area contributed by atoms with Crippen molar-refractivity contribution in [2.24, 2.45) is 11.8 Å². The number of esters is 2. The predicted molar refractivity (Wildman–Crippen MR) is 131 cm³/mol. The monoisotopic (exact) mass is 570 g/mol. The highest BCUT2D eigenvalue weighted by molar-refractivity contribution is 5.91. The number of carbonyl (C=O) groups excluding carboxylic acids is 2. The summed E-state index contributed by atoms with van der Waals surface area (Å²) in [5, 5.41) is 51.6. The number of rotatable bonds is 8. The lowest BCUT2D eigenvalue weighted by molar-refractivity contribution is -0.346. The second-order valence-corrected chi connectivity index (χ2v) is 10.0. The van der Waals surface area contributed by atoms with Gasteiger partial charge in [-0.2, -0.15) is 0 Å². The molecule has 2 fully saturated rings. The molecular formula is C26H34O14. The topological polar surface area (TPSA) is 200 Å². The molecule has 1 aliphatic carbocycles. The Bertz CT molecular complexity index is 1120. The lowest BCUT2D eigenvalue weighted by atomic mass is 9.80. The molecular weight excluding hydrogens is 536 g/mol. The summed E-state index contributed by atoms with van der Waals surface area (Å²) in [6.45, 7) is 0.767. The smallest absolute Gasteiger partial charge is 0.338 e. The lowest BCUT2D eigenvalue weighted by Crippen LogP contribution is -2.60. The molecule has 2 heterocycles. The van der Waals surface area contributed by atoms with Gasteiger partial charge in [-0.15, -0.1) is 0 Å². The van der Waals surface area contributed by atoms with Crippen molar-refractivity contribution in [2.75, 3.05) is 27.9 Å². The zero-order valence-electron chi connectivity index (χ0n) is 22.3. The molecule has 0 radical (unpaired) electrons. The standard InChI is InChI=1S/C26H34O14/c1-26(33)8-15(38-22(31)11-5-6-13(34-2)14(7-11)35-3)17-12(23(32)36-4)10-37-24(18(17)26)40-25-21(30)20(29)19(28)16(9-27)39-25/h5-7,10,15-21,24-25,27-30,33H,8-9H2,1-4H3/t15-,16+,17+,18-,19+,20-,21+,24-,25-,26+/m1/s1. The first-order valence-corrected chi connectivity index (χ1v) is 12.5. The van der Waals surface area contributed by atoms with Crippen molar-refractivity contribution in [3.63, 3.8) is 0 Å². The summed E-state index contributed by atoms with van der Waals surface area (Å²) in [5.74, 6) is -2.88. The molecule has 1 aromatic carbocycles. The van der Waals surface area contributed by atoms with Crippen LogP contribution in [0.2, 0.25) is 0 Å². The van der Waals surface area contributed by atoms with Gasteiger partial charge in [-0.1, -0.05) is 0 Å². The van der Waals surface area contributed by atoms with Crippen LogP contribution < -0.4 is 9.47 Å². The van der Waals surface area contributed by atoms with E-state index in [9.17, 15) is 35.1 Å². The average Bonchev–Trinajstić information content (AvgIpc) is 3.22. The van der Waals surface area contributed by atoms with Crippen LogP contribution in [-0.4, -0.2) is 114 Å². The number of aliphatic hydroxyl groups is 5. The van der Waals surface area contributed by atoms with E-state index in [0.29, 0.717) is 11.5 Å². The first-order chi connectivity index (χ1) is 19.0. The van der Waals surface area contributed by atoms with Gasteiger partial charge in [0.2, 0.25) is 6.29 Å². The highest BCUT2D eigenvalue weighted by Gasteiger charge is 2.61. The number of benzene rings is 1. The summed E-state index contributed by atoms with van der Waals surface area (Å²) in [4.78, 5) is 25.8. The van der Waals surface area contributed by atoms with Crippen LogP contribution in [0.5, 0.6) is 11.5 Å². The first kappa shape index (κ1) is 30.0. The Morgan fingerprint density at radius 1 is 1.00 bits per heavy atom. The fourth-order valence-corrected chi connectivity index (χ4v) is 5.46. The van der Waals surface area contributed by atoms with Crippen LogP contribution in [0.25, 0.3) is 0 Å². The SMILES string of the molecule is COC(=O)C1=CO[C@H](O[C@H]2O[C@@H](CO)[C@H](O)[C@@H](O)[C@@H]2O)[C@H]2[C@@H]1[C@H](OC(=O)c1ccc(OC)c(OC)c1)C[C@]2(C)O. The maximum absolute atomic E-state index is 13.2. The summed E-state index contributed by atoms with van der Waals surface area (Å²) in [5.41, 5.74) is -1.53. The van der Waals surface area contributed by atoms with Crippen LogP contribution in [0.15, 0.2) is 30.0 Å². The Morgan fingerprint density at radius 2 is 1.70 bits per heavy atom. The van der Waals surface area contributed by atoms with Gasteiger partial charge in [0.15, 0.2) is 17.8 Å². The number of methoxy groups -OCH3 is 3. The van der Waals surface area contributed by atoms with E-state index < -0.39 is 79.1 Å². The van der Waals surface area contributed by atoms with Crippen LogP contribution in [0.3, 0.4) is 0 Å². The maximum Gasteiger partial charge on any atom is 0.338 e. The molecule has 14 nitrogen and oxygen atoms in total. The van der Waals surface area contributed by atoms with Crippen molar-refractivity contribution in [3.8, 4) is 11.5 Å². The molecule has 10 atom stereocenters. The summed E-state index contributed by atoms with van der Waals surface area (Å²) in [6, 6.07) is 4.43. The van der Waals surface area contributed by atoms with E-state index in [1.165, 1.54) is 39.3 Å². The van der Waals surface area contributed by atoms with Gasteiger partial charge in [-0.25, -0.2) is 9.59 Å². The number of aliphatic hydroxyl groups excluding tert-OH is 4. The highest BCUT2D eigenvalue weighted by Crippen LogP contribution is 2.51. The van der Waals surface area contributed by atoms with Crippen molar-refractivity contribution < 1.29 is 68.3 Å². The highest BCUT2D eigenvalue weighted by atomic mass is 16.8. The molecule has 3 aliphatic rings. The Balaban J connectivity index is 1.62. The third-order valence-corrected chi connectivity index (χ3v) is 7.52. The normalized spacial score (nSPS) is 37.0. The Labute approximate surface area is 229 Å². The Morgan fingerprint density at radius 3 is 2.33 bits per heavy atom. The molecule has 0 amide bonds. The van der Waals surface area contributed by atoms with E-state index >= 15 is 0 Å². The van der Waals surface area contributed by atoms with Crippen LogP contribution in [-0.2, 0) is 28.5 Å². The van der Waals surface area contributed by atoms with E-state index in [2.05, 4.69) is 0 Å².